The molecule has 0 saturated heterocycles. The summed E-state index contributed by atoms with van der Waals surface area (Å²) in [5.74, 6) is 0.709. The summed E-state index contributed by atoms with van der Waals surface area (Å²) in [7, 11) is 0. The molecule has 128 valence electrons. The lowest BCUT2D eigenvalue weighted by molar-refractivity contribution is 0.103. The van der Waals surface area contributed by atoms with Gasteiger partial charge in [-0.15, -0.1) is 0 Å². The topological polar surface area (TPSA) is 57.8 Å². The summed E-state index contributed by atoms with van der Waals surface area (Å²) in [6.45, 7) is 2.76. The fourth-order valence-corrected chi connectivity index (χ4v) is 2.88. The van der Waals surface area contributed by atoms with E-state index < -0.39 is 0 Å². The minimum Gasteiger partial charge on any atom is -0.352 e. The smallest absolute Gasteiger partial charge is 0.201 e. The van der Waals surface area contributed by atoms with Crippen molar-refractivity contribution in [3.8, 4) is 0 Å². The number of anilines is 1. The molecule has 0 amide bonds. The van der Waals surface area contributed by atoms with Gasteiger partial charge in [0.1, 0.15) is 0 Å². The van der Waals surface area contributed by atoms with Crippen molar-refractivity contribution in [3.63, 3.8) is 0 Å². The highest BCUT2D eigenvalue weighted by atomic mass is 16.1. The molecule has 1 heterocycles. The minimum atomic E-state index is 0.0104. The summed E-state index contributed by atoms with van der Waals surface area (Å²) in [6.07, 6.45) is 0. The molecule has 0 unspecified atom stereocenters. The van der Waals surface area contributed by atoms with Crippen LogP contribution in [0.15, 0.2) is 72.8 Å². The Hall–Kier alpha value is -3.40. The number of hydrogen-bond donors (Lipinski definition) is 2. The van der Waals surface area contributed by atoms with E-state index in [1.807, 2.05) is 48.5 Å². The van der Waals surface area contributed by atoms with E-state index in [0.29, 0.717) is 23.6 Å². The maximum atomic E-state index is 12.6. The second-order valence-corrected chi connectivity index (χ2v) is 6.35. The summed E-state index contributed by atoms with van der Waals surface area (Å²) in [6, 6.07) is 23.2. The molecule has 2 N–H and O–H groups in total. The van der Waals surface area contributed by atoms with Gasteiger partial charge in [0.25, 0.3) is 0 Å². The third-order valence-electron chi connectivity index (χ3n) is 4.36. The number of H-pyrrole nitrogens is 1. The number of aromatic amines is 1. The molecule has 0 spiro atoms. The van der Waals surface area contributed by atoms with Crippen molar-refractivity contribution in [2.75, 3.05) is 5.32 Å². The van der Waals surface area contributed by atoms with Gasteiger partial charge in [0, 0.05) is 17.7 Å². The molecule has 0 radical (unpaired) electrons. The predicted octanol–water partition coefficient (Wildman–Crippen LogP) is 4.71. The molecule has 4 nitrogen and oxygen atoms in total. The van der Waals surface area contributed by atoms with Crippen LogP contribution in [0.1, 0.15) is 27.0 Å². The average molecular weight is 341 g/mol. The number of fused-ring (bicyclic) bond motifs is 1. The van der Waals surface area contributed by atoms with Gasteiger partial charge < -0.3 is 10.3 Å². The first-order valence-electron chi connectivity index (χ1n) is 8.58. The van der Waals surface area contributed by atoms with E-state index in [4.69, 9.17) is 0 Å². The van der Waals surface area contributed by atoms with Gasteiger partial charge in [0.2, 0.25) is 5.95 Å². The second-order valence-electron chi connectivity index (χ2n) is 6.35. The Labute approximate surface area is 151 Å². The first kappa shape index (κ1) is 16.1. The Morgan fingerprint density at radius 2 is 1.73 bits per heavy atom. The summed E-state index contributed by atoms with van der Waals surface area (Å²) in [4.78, 5) is 20.4. The van der Waals surface area contributed by atoms with Gasteiger partial charge in [-0.1, -0.05) is 60.2 Å². The molecule has 0 aliphatic heterocycles. The van der Waals surface area contributed by atoms with E-state index in [0.717, 1.165) is 11.0 Å². The highest BCUT2D eigenvalue weighted by Gasteiger charge is 2.11. The van der Waals surface area contributed by atoms with E-state index in [2.05, 4.69) is 46.5 Å². The second kappa shape index (κ2) is 6.84. The normalized spacial score (nSPS) is 10.8. The summed E-state index contributed by atoms with van der Waals surface area (Å²) in [5.41, 5.74) is 5.45. The molecule has 0 aliphatic rings. The highest BCUT2D eigenvalue weighted by Crippen LogP contribution is 2.19. The maximum absolute atomic E-state index is 12.6. The zero-order chi connectivity index (χ0) is 17.9. The largest absolute Gasteiger partial charge is 0.352 e. The zero-order valence-corrected chi connectivity index (χ0v) is 14.5. The van der Waals surface area contributed by atoms with E-state index in [9.17, 15) is 4.79 Å². The molecule has 4 rings (SSSR count). The lowest BCUT2D eigenvalue weighted by Gasteiger charge is -2.03. The molecule has 0 aliphatic carbocycles. The quantitative estimate of drug-likeness (QED) is 0.517. The number of aryl methyl sites for hydroxylation is 1. The molecule has 0 bridgehead atoms. The van der Waals surface area contributed by atoms with Crippen molar-refractivity contribution in [1.82, 2.24) is 9.97 Å². The van der Waals surface area contributed by atoms with Crippen molar-refractivity contribution in [2.45, 2.75) is 13.5 Å². The van der Waals surface area contributed by atoms with Crippen LogP contribution in [0.4, 0.5) is 5.95 Å². The number of carbonyl (C=O) groups excluding carboxylic acids is 1. The van der Waals surface area contributed by atoms with Crippen molar-refractivity contribution in [1.29, 1.82) is 0 Å². The zero-order valence-electron chi connectivity index (χ0n) is 14.5. The molecular weight excluding hydrogens is 322 g/mol. The van der Waals surface area contributed by atoms with Crippen LogP contribution in [-0.4, -0.2) is 15.8 Å². The number of ketones is 1. The molecule has 1 aromatic heterocycles. The number of nitrogens with one attached hydrogen (secondary N) is 2. The third-order valence-corrected chi connectivity index (χ3v) is 4.36. The number of nitrogens with zero attached hydrogens (tertiary/aromatic N) is 1. The molecule has 4 heteroatoms. The average Bonchev–Trinajstić information content (AvgIpc) is 3.10. The van der Waals surface area contributed by atoms with Crippen molar-refractivity contribution in [2.24, 2.45) is 0 Å². The van der Waals surface area contributed by atoms with Gasteiger partial charge >= 0.3 is 0 Å². The van der Waals surface area contributed by atoms with Crippen molar-refractivity contribution >= 4 is 22.8 Å². The standard InChI is InChI=1S/C22H19N3O/c1-15-7-9-16(10-8-15)14-23-22-24-19-12-11-18(13-20(19)25-22)21(26)17-5-3-2-4-6-17/h2-13H,14H2,1H3,(H2,23,24,25). The summed E-state index contributed by atoms with van der Waals surface area (Å²) >= 11 is 0. The number of aromatic nitrogens is 2. The Morgan fingerprint density at radius 1 is 0.962 bits per heavy atom. The van der Waals surface area contributed by atoms with Crippen molar-refractivity contribution < 1.29 is 4.79 Å². The van der Waals surface area contributed by atoms with Gasteiger partial charge in [-0.25, -0.2) is 4.98 Å². The lowest BCUT2D eigenvalue weighted by Crippen LogP contribution is -2.00. The Balaban J connectivity index is 1.54. The third kappa shape index (κ3) is 3.35. The highest BCUT2D eigenvalue weighted by molar-refractivity contribution is 6.10. The van der Waals surface area contributed by atoms with E-state index in [-0.39, 0.29) is 5.78 Å². The number of benzene rings is 3. The van der Waals surface area contributed by atoms with Crippen LogP contribution >= 0.6 is 0 Å². The van der Waals surface area contributed by atoms with E-state index >= 15 is 0 Å². The number of imidazole rings is 1. The molecule has 0 fully saturated rings. The van der Waals surface area contributed by atoms with Crippen LogP contribution in [0.5, 0.6) is 0 Å². The minimum absolute atomic E-state index is 0.0104. The molecular formula is C22H19N3O. The molecule has 0 saturated carbocycles. The SMILES string of the molecule is Cc1ccc(CNc2nc3ccc(C(=O)c4ccccc4)cc3[nH]2)cc1. The monoisotopic (exact) mass is 341 g/mol. The summed E-state index contributed by atoms with van der Waals surface area (Å²) < 4.78 is 0. The molecule has 0 atom stereocenters. The van der Waals surface area contributed by atoms with Gasteiger partial charge in [0.05, 0.1) is 11.0 Å². The molecule has 26 heavy (non-hydrogen) atoms. The van der Waals surface area contributed by atoms with Crippen LogP contribution < -0.4 is 5.32 Å². The Kier molecular flexibility index (Phi) is 4.23. The first-order chi connectivity index (χ1) is 12.7. The van der Waals surface area contributed by atoms with Gasteiger partial charge in [-0.2, -0.15) is 0 Å². The number of rotatable bonds is 5. The van der Waals surface area contributed by atoms with E-state index in [1.54, 1.807) is 0 Å². The fourth-order valence-electron chi connectivity index (χ4n) is 2.88. The van der Waals surface area contributed by atoms with Crippen molar-refractivity contribution in [3.05, 3.63) is 95.1 Å². The van der Waals surface area contributed by atoms with Gasteiger partial charge in [0.15, 0.2) is 5.78 Å². The molecule has 3 aromatic carbocycles. The van der Waals surface area contributed by atoms with Crippen LogP contribution in [0.2, 0.25) is 0 Å². The predicted molar refractivity (Wildman–Crippen MR) is 104 cm³/mol. The maximum Gasteiger partial charge on any atom is 0.201 e. The van der Waals surface area contributed by atoms with E-state index in [1.165, 1.54) is 11.1 Å². The van der Waals surface area contributed by atoms with Crippen LogP contribution in [0.25, 0.3) is 11.0 Å². The van der Waals surface area contributed by atoms with Gasteiger partial charge in [-0.05, 0) is 30.7 Å². The number of hydrogen-bond acceptors (Lipinski definition) is 3. The Bertz CT molecular complexity index is 1050. The lowest BCUT2D eigenvalue weighted by atomic mass is 10.0. The number of carbonyl (C=O) groups is 1. The van der Waals surface area contributed by atoms with Crippen LogP contribution in [0, 0.1) is 6.92 Å². The molecule has 4 aromatic rings. The van der Waals surface area contributed by atoms with Gasteiger partial charge in [-0.3, -0.25) is 4.79 Å². The first-order valence-corrected chi connectivity index (χ1v) is 8.58. The Morgan fingerprint density at radius 3 is 2.50 bits per heavy atom. The summed E-state index contributed by atoms with van der Waals surface area (Å²) in [5, 5.41) is 3.30. The fraction of sp³-hybridized carbons (Fsp3) is 0.0909. The van der Waals surface area contributed by atoms with Crippen LogP contribution in [0.3, 0.4) is 0 Å². The van der Waals surface area contributed by atoms with Crippen LogP contribution in [-0.2, 0) is 6.54 Å².